The van der Waals surface area contributed by atoms with Crippen molar-refractivity contribution in [3.05, 3.63) is 47.5 Å². The normalized spacial score (nSPS) is 16.7. The van der Waals surface area contributed by atoms with Gasteiger partial charge in [0.25, 0.3) is 5.22 Å². The first kappa shape index (κ1) is 17.9. The van der Waals surface area contributed by atoms with Crippen LogP contribution in [0.3, 0.4) is 0 Å². The van der Waals surface area contributed by atoms with Crippen LogP contribution < -0.4 is 10.2 Å². The number of nitrogens with one attached hydrogen (secondary N) is 1. The molecule has 8 heteroatoms. The van der Waals surface area contributed by atoms with E-state index in [4.69, 9.17) is 16.0 Å². The van der Waals surface area contributed by atoms with Crippen LogP contribution in [0.15, 0.2) is 52.1 Å². The third-order valence-electron chi connectivity index (χ3n) is 4.28. The summed E-state index contributed by atoms with van der Waals surface area (Å²) in [5.74, 6) is -0.0709. The van der Waals surface area contributed by atoms with Crippen LogP contribution in [0.5, 0.6) is 0 Å². The molecule has 0 radical (unpaired) electrons. The number of amides is 2. The number of para-hydroxylation sites is 2. The Morgan fingerprint density at radius 2 is 2.19 bits per heavy atom. The minimum atomic E-state index is -0.246. The zero-order chi connectivity index (χ0) is 19.0. The standard InChI is InChI=1S/C19H16ClN3O3S/c1-11-8-17(24)21-13-4-2-3-5-15(13)23(11)18(25)10-27-19-22-14-9-12(20)6-7-16(14)26-19/h2-7,9,11H,8,10H2,1H3,(H,21,24). The molecule has 4 rings (SSSR count). The zero-order valence-corrected chi connectivity index (χ0v) is 16.0. The van der Waals surface area contributed by atoms with Crippen molar-refractivity contribution in [2.75, 3.05) is 16.0 Å². The van der Waals surface area contributed by atoms with Crippen molar-refractivity contribution >= 4 is 57.7 Å². The van der Waals surface area contributed by atoms with Crippen molar-refractivity contribution in [1.82, 2.24) is 4.98 Å². The predicted octanol–water partition coefficient (Wildman–Crippen LogP) is 4.34. The van der Waals surface area contributed by atoms with E-state index in [1.807, 2.05) is 25.1 Å². The van der Waals surface area contributed by atoms with Crippen LogP contribution in [0.1, 0.15) is 13.3 Å². The first-order chi connectivity index (χ1) is 13.0. The summed E-state index contributed by atoms with van der Waals surface area (Å²) in [6.07, 6.45) is 0.243. The van der Waals surface area contributed by atoms with Crippen molar-refractivity contribution < 1.29 is 14.0 Å². The Morgan fingerprint density at radius 3 is 3.04 bits per heavy atom. The Morgan fingerprint density at radius 1 is 1.37 bits per heavy atom. The lowest BCUT2D eigenvalue weighted by Crippen LogP contribution is -2.40. The van der Waals surface area contributed by atoms with Gasteiger partial charge in [-0.05, 0) is 37.3 Å². The quantitative estimate of drug-likeness (QED) is 0.661. The molecule has 0 saturated carbocycles. The van der Waals surface area contributed by atoms with Gasteiger partial charge in [-0.2, -0.15) is 0 Å². The maximum absolute atomic E-state index is 12.9. The average molecular weight is 402 g/mol. The smallest absolute Gasteiger partial charge is 0.257 e. The number of hydrogen-bond donors (Lipinski definition) is 1. The molecule has 1 atom stereocenters. The van der Waals surface area contributed by atoms with E-state index < -0.39 is 0 Å². The summed E-state index contributed by atoms with van der Waals surface area (Å²) < 4.78 is 5.65. The summed E-state index contributed by atoms with van der Waals surface area (Å²) in [5, 5.41) is 3.84. The molecule has 138 valence electrons. The second-order valence-corrected chi connectivity index (χ2v) is 7.63. The molecule has 0 saturated heterocycles. The highest BCUT2D eigenvalue weighted by Gasteiger charge is 2.29. The van der Waals surface area contributed by atoms with E-state index in [1.165, 1.54) is 11.8 Å². The molecule has 2 amide bonds. The molecule has 6 nitrogen and oxygen atoms in total. The van der Waals surface area contributed by atoms with Crippen molar-refractivity contribution in [1.29, 1.82) is 0 Å². The lowest BCUT2D eigenvalue weighted by molar-refractivity contribution is -0.117. The second kappa shape index (κ2) is 7.25. The molecule has 1 unspecified atom stereocenters. The zero-order valence-electron chi connectivity index (χ0n) is 14.4. The molecule has 1 aromatic heterocycles. The minimum absolute atomic E-state index is 0.103. The van der Waals surface area contributed by atoms with Gasteiger partial charge in [-0.3, -0.25) is 9.59 Å². The number of nitrogens with zero attached hydrogens (tertiary/aromatic N) is 2. The predicted molar refractivity (Wildman–Crippen MR) is 106 cm³/mol. The highest BCUT2D eigenvalue weighted by molar-refractivity contribution is 7.99. The lowest BCUT2D eigenvalue weighted by atomic mass is 10.2. The summed E-state index contributed by atoms with van der Waals surface area (Å²) in [5.41, 5.74) is 2.62. The van der Waals surface area contributed by atoms with Gasteiger partial charge in [-0.25, -0.2) is 4.98 Å². The third kappa shape index (κ3) is 3.65. The first-order valence-electron chi connectivity index (χ1n) is 8.41. The number of anilines is 2. The summed E-state index contributed by atoms with van der Waals surface area (Å²) in [6.45, 7) is 1.87. The van der Waals surface area contributed by atoms with Gasteiger partial charge in [0, 0.05) is 17.5 Å². The van der Waals surface area contributed by atoms with E-state index in [0.717, 1.165) is 0 Å². The Labute approximate surface area is 164 Å². The fraction of sp³-hybridized carbons (Fsp3) is 0.211. The number of thioether (sulfide) groups is 1. The van der Waals surface area contributed by atoms with Crippen molar-refractivity contribution in [2.24, 2.45) is 0 Å². The van der Waals surface area contributed by atoms with Crippen LogP contribution in [0.25, 0.3) is 11.1 Å². The number of hydrogen-bond acceptors (Lipinski definition) is 5. The molecule has 2 aromatic carbocycles. The van der Waals surface area contributed by atoms with Crippen LogP contribution >= 0.6 is 23.4 Å². The number of aromatic nitrogens is 1. The van der Waals surface area contributed by atoms with Crippen LogP contribution in [0, 0.1) is 0 Å². The molecule has 3 aromatic rings. The van der Waals surface area contributed by atoms with Crippen LogP contribution in [0.4, 0.5) is 11.4 Å². The molecule has 27 heavy (non-hydrogen) atoms. The van der Waals surface area contributed by atoms with Gasteiger partial charge >= 0.3 is 0 Å². The van der Waals surface area contributed by atoms with Gasteiger partial charge < -0.3 is 14.6 Å². The van der Waals surface area contributed by atoms with E-state index in [9.17, 15) is 9.59 Å². The van der Waals surface area contributed by atoms with Gasteiger partial charge in [0.05, 0.1) is 17.1 Å². The molecule has 0 aliphatic carbocycles. The number of carbonyl (C=O) groups is 2. The highest BCUT2D eigenvalue weighted by atomic mass is 35.5. The summed E-state index contributed by atoms with van der Waals surface area (Å²) in [7, 11) is 0. The number of fused-ring (bicyclic) bond motifs is 2. The molecule has 0 fully saturated rings. The van der Waals surface area contributed by atoms with E-state index in [2.05, 4.69) is 10.3 Å². The monoisotopic (exact) mass is 401 g/mol. The maximum atomic E-state index is 12.9. The highest BCUT2D eigenvalue weighted by Crippen LogP contribution is 2.32. The van der Waals surface area contributed by atoms with E-state index >= 15 is 0 Å². The average Bonchev–Trinajstić information content (AvgIpc) is 2.97. The minimum Gasteiger partial charge on any atom is -0.431 e. The number of carbonyl (C=O) groups excluding carboxylic acids is 2. The summed E-state index contributed by atoms with van der Waals surface area (Å²) in [4.78, 5) is 31.0. The SMILES string of the molecule is CC1CC(=O)Nc2ccccc2N1C(=O)CSc1nc2cc(Cl)ccc2o1. The Kier molecular flexibility index (Phi) is 4.80. The largest absolute Gasteiger partial charge is 0.431 e. The number of halogens is 1. The Hall–Kier alpha value is -2.51. The van der Waals surface area contributed by atoms with E-state index in [1.54, 1.807) is 29.2 Å². The first-order valence-corrected chi connectivity index (χ1v) is 9.77. The molecule has 2 heterocycles. The Bertz CT molecular complexity index is 1040. The van der Waals surface area contributed by atoms with Crippen molar-refractivity contribution in [3.63, 3.8) is 0 Å². The van der Waals surface area contributed by atoms with Gasteiger partial charge in [0.2, 0.25) is 11.8 Å². The number of oxazole rings is 1. The van der Waals surface area contributed by atoms with Gasteiger partial charge in [-0.1, -0.05) is 35.5 Å². The fourth-order valence-electron chi connectivity index (χ4n) is 3.10. The second-order valence-electron chi connectivity index (χ2n) is 6.26. The van der Waals surface area contributed by atoms with Crippen LogP contribution in [0.2, 0.25) is 5.02 Å². The van der Waals surface area contributed by atoms with Crippen molar-refractivity contribution in [3.8, 4) is 0 Å². The van der Waals surface area contributed by atoms with Crippen LogP contribution in [-0.2, 0) is 9.59 Å². The fourth-order valence-corrected chi connectivity index (χ4v) is 3.97. The number of rotatable bonds is 3. The molecule has 1 aliphatic heterocycles. The molecule has 0 spiro atoms. The topological polar surface area (TPSA) is 75.4 Å². The number of benzene rings is 2. The maximum Gasteiger partial charge on any atom is 0.257 e. The molecule has 0 bridgehead atoms. The van der Waals surface area contributed by atoms with Crippen molar-refractivity contribution in [2.45, 2.75) is 24.6 Å². The van der Waals surface area contributed by atoms with Gasteiger partial charge in [-0.15, -0.1) is 0 Å². The Balaban J connectivity index is 1.55. The summed E-state index contributed by atoms with van der Waals surface area (Å²) in [6, 6.07) is 12.3. The molecular formula is C19H16ClN3O3S. The summed E-state index contributed by atoms with van der Waals surface area (Å²) >= 11 is 7.19. The molecule has 1 aliphatic rings. The van der Waals surface area contributed by atoms with Crippen LogP contribution in [-0.4, -0.2) is 28.6 Å². The van der Waals surface area contributed by atoms with E-state index in [-0.39, 0.29) is 30.0 Å². The van der Waals surface area contributed by atoms with Gasteiger partial charge in [0.1, 0.15) is 5.52 Å². The van der Waals surface area contributed by atoms with E-state index in [0.29, 0.717) is 32.7 Å². The third-order valence-corrected chi connectivity index (χ3v) is 5.33. The lowest BCUT2D eigenvalue weighted by Gasteiger charge is -2.27. The van der Waals surface area contributed by atoms with Gasteiger partial charge in [0.15, 0.2) is 5.58 Å². The molecule has 1 N–H and O–H groups in total. The molecular weight excluding hydrogens is 386 g/mol.